The fourth-order valence-electron chi connectivity index (χ4n) is 6.89. The van der Waals surface area contributed by atoms with E-state index >= 15 is 0 Å². The number of nitrogens with one attached hydrogen (secondary N) is 1. The van der Waals surface area contributed by atoms with Gasteiger partial charge >= 0.3 is 0 Å². The molecule has 46 heavy (non-hydrogen) atoms. The summed E-state index contributed by atoms with van der Waals surface area (Å²) in [5.41, 5.74) is 11.4. The number of halogens is 1. The fourth-order valence-corrected chi connectivity index (χ4v) is 7.25. The number of amides is 1. The van der Waals surface area contributed by atoms with Gasteiger partial charge in [-0.1, -0.05) is 58.4 Å². The standard InChI is InChI=1S/C33H29BrN2O3.C6H7N/c1-38-23-10-12-24-21(16-23)8-11-25-29(24)31-27(18-35-33(31)37)30-26-17-22(34)9-13-28(26)36(32(25)30)14-5-15-39-19-20-6-3-2-4-7-20;1-6-4-2-3-5-7-6/h2-4,6-7,9-10,12-13,16-17H,5,8,11,14-15,18-19H2,1H3,(H,35,37);2-5H,1H3. The molecule has 0 atom stereocenters. The summed E-state index contributed by atoms with van der Waals surface area (Å²) in [6, 6.07) is 29.0. The van der Waals surface area contributed by atoms with E-state index in [4.69, 9.17) is 9.47 Å². The zero-order valence-electron chi connectivity index (χ0n) is 26.1. The van der Waals surface area contributed by atoms with Gasteiger partial charge in [0.2, 0.25) is 0 Å². The van der Waals surface area contributed by atoms with Crippen LogP contribution >= 0.6 is 15.9 Å². The van der Waals surface area contributed by atoms with Gasteiger partial charge in [-0.15, -0.1) is 0 Å². The fraction of sp³-hybridized carbons (Fsp3) is 0.231. The van der Waals surface area contributed by atoms with Gasteiger partial charge in [-0.3, -0.25) is 9.78 Å². The Labute approximate surface area is 277 Å². The molecule has 8 rings (SSSR count). The first-order valence-electron chi connectivity index (χ1n) is 15.8. The van der Waals surface area contributed by atoms with Crippen LogP contribution in [0.5, 0.6) is 5.75 Å². The molecule has 1 aliphatic carbocycles. The number of rotatable bonds is 7. The second-order valence-corrected chi connectivity index (χ2v) is 12.7. The van der Waals surface area contributed by atoms with Crippen LogP contribution in [-0.4, -0.2) is 29.2 Å². The highest BCUT2D eigenvalue weighted by atomic mass is 79.9. The number of nitrogens with zero attached hydrogens (tertiary/aromatic N) is 2. The molecule has 1 N–H and O–H groups in total. The molecule has 0 unspecified atom stereocenters. The van der Waals surface area contributed by atoms with Crippen molar-refractivity contribution in [3.05, 3.63) is 129 Å². The monoisotopic (exact) mass is 673 g/mol. The molecule has 0 bridgehead atoms. The van der Waals surface area contributed by atoms with E-state index in [1.54, 1.807) is 13.3 Å². The molecule has 1 aliphatic heterocycles. The second-order valence-electron chi connectivity index (χ2n) is 11.8. The number of fused-ring (bicyclic) bond motifs is 10. The maximum atomic E-state index is 13.3. The summed E-state index contributed by atoms with van der Waals surface area (Å²) in [6.07, 6.45) is 4.49. The Morgan fingerprint density at radius 1 is 0.935 bits per heavy atom. The van der Waals surface area contributed by atoms with Gasteiger partial charge < -0.3 is 19.4 Å². The maximum Gasteiger partial charge on any atom is 0.252 e. The van der Waals surface area contributed by atoms with Gasteiger partial charge in [0.05, 0.1) is 24.8 Å². The molecule has 6 nitrogen and oxygen atoms in total. The quantitative estimate of drug-likeness (QED) is 0.172. The van der Waals surface area contributed by atoms with E-state index in [2.05, 4.69) is 73.3 Å². The number of aromatic nitrogens is 2. The SMILES string of the molecule is COc1ccc2c(c1)CCc1c-2c2c(c3c4cc(Br)ccc4n(CCCOCc4ccccc4)c13)CNC2=O.Cc1ccccn1. The number of carbonyl (C=O) groups excluding carboxylic acids is 1. The molecule has 2 aliphatic rings. The summed E-state index contributed by atoms with van der Waals surface area (Å²) in [7, 11) is 1.70. The average molecular weight is 675 g/mol. The van der Waals surface area contributed by atoms with E-state index in [1.807, 2.05) is 49.4 Å². The number of ether oxygens (including phenoxy) is 2. The van der Waals surface area contributed by atoms with Crippen molar-refractivity contribution in [1.29, 1.82) is 0 Å². The summed E-state index contributed by atoms with van der Waals surface area (Å²) >= 11 is 3.70. The third-order valence-electron chi connectivity index (χ3n) is 8.94. The molecule has 2 aromatic heterocycles. The van der Waals surface area contributed by atoms with Crippen molar-refractivity contribution in [2.45, 2.75) is 45.9 Å². The van der Waals surface area contributed by atoms with Gasteiger partial charge in [0.1, 0.15) is 5.75 Å². The first-order valence-corrected chi connectivity index (χ1v) is 16.6. The molecule has 6 aromatic rings. The topological polar surface area (TPSA) is 65.4 Å². The zero-order valence-corrected chi connectivity index (χ0v) is 27.7. The minimum atomic E-state index is 0.0250. The first-order chi connectivity index (χ1) is 22.5. The van der Waals surface area contributed by atoms with Gasteiger partial charge in [-0.25, -0.2) is 0 Å². The van der Waals surface area contributed by atoms with Crippen LogP contribution in [0.1, 0.15) is 44.7 Å². The van der Waals surface area contributed by atoms with E-state index in [1.165, 1.54) is 38.5 Å². The lowest BCUT2D eigenvalue weighted by molar-refractivity contribution is 0.0966. The highest BCUT2D eigenvalue weighted by Gasteiger charge is 2.34. The summed E-state index contributed by atoms with van der Waals surface area (Å²) < 4.78 is 15.1. The predicted molar refractivity (Wildman–Crippen MR) is 187 cm³/mol. The maximum absolute atomic E-state index is 13.3. The normalized spacial score (nSPS) is 13.1. The van der Waals surface area contributed by atoms with Crippen LogP contribution in [0.15, 0.2) is 95.6 Å². The molecule has 4 aromatic carbocycles. The summed E-state index contributed by atoms with van der Waals surface area (Å²) in [4.78, 5) is 17.3. The molecule has 0 spiro atoms. The largest absolute Gasteiger partial charge is 0.497 e. The lowest BCUT2D eigenvalue weighted by Crippen LogP contribution is -2.16. The Bertz CT molecular complexity index is 2050. The first kappa shape index (κ1) is 30.2. The smallest absolute Gasteiger partial charge is 0.252 e. The Hall–Kier alpha value is -4.46. The number of methoxy groups -OCH3 is 1. The summed E-state index contributed by atoms with van der Waals surface area (Å²) in [6.45, 7) is 4.67. The van der Waals surface area contributed by atoms with Crippen molar-refractivity contribution >= 4 is 43.6 Å². The number of benzene rings is 4. The molecule has 0 fully saturated rings. The zero-order chi connectivity index (χ0) is 31.6. The van der Waals surface area contributed by atoms with Gasteiger partial charge in [-0.2, -0.15) is 0 Å². The number of hydrogen-bond acceptors (Lipinski definition) is 4. The average Bonchev–Trinajstić information content (AvgIpc) is 3.62. The van der Waals surface area contributed by atoms with Crippen LogP contribution in [0.25, 0.3) is 32.9 Å². The van der Waals surface area contributed by atoms with Crippen LogP contribution in [0, 0.1) is 6.92 Å². The van der Waals surface area contributed by atoms with Crippen LogP contribution in [-0.2, 0) is 37.3 Å². The Morgan fingerprint density at radius 3 is 2.54 bits per heavy atom. The highest BCUT2D eigenvalue weighted by Crippen LogP contribution is 2.47. The molecule has 0 saturated heterocycles. The van der Waals surface area contributed by atoms with Gasteiger partial charge in [0.15, 0.2) is 0 Å². The molecular weight excluding hydrogens is 638 g/mol. The Kier molecular flexibility index (Phi) is 8.61. The van der Waals surface area contributed by atoms with Gasteiger partial charge in [0.25, 0.3) is 5.91 Å². The third kappa shape index (κ3) is 5.70. The minimum absolute atomic E-state index is 0.0250. The van der Waals surface area contributed by atoms with E-state index in [0.717, 1.165) is 64.0 Å². The molecular formula is C39H36BrN3O3. The second kappa shape index (κ2) is 13.1. The highest BCUT2D eigenvalue weighted by molar-refractivity contribution is 9.10. The van der Waals surface area contributed by atoms with Crippen molar-refractivity contribution in [3.63, 3.8) is 0 Å². The van der Waals surface area contributed by atoms with Gasteiger partial charge in [0, 0.05) is 57.9 Å². The Morgan fingerprint density at radius 2 is 1.78 bits per heavy atom. The van der Waals surface area contributed by atoms with Crippen LogP contribution in [0.3, 0.4) is 0 Å². The third-order valence-corrected chi connectivity index (χ3v) is 9.43. The molecule has 232 valence electrons. The molecule has 3 heterocycles. The van der Waals surface area contributed by atoms with E-state index in [-0.39, 0.29) is 5.91 Å². The number of aryl methyl sites for hydroxylation is 4. The van der Waals surface area contributed by atoms with Crippen LogP contribution in [0.2, 0.25) is 0 Å². The molecule has 1 amide bonds. The predicted octanol–water partition coefficient (Wildman–Crippen LogP) is 8.57. The van der Waals surface area contributed by atoms with Gasteiger partial charge in [-0.05, 0) is 96.5 Å². The number of carbonyl (C=O) groups is 1. The van der Waals surface area contributed by atoms with Crippen LogP contribution in [0.4, 0.5) is 0 Å². The van der Waals surface area contributed by atoms with E-state index < -0.39 is 0 Å². The van der Waals surface area contributed by atoms with Crippen molar-refractivity contribution in [2.75, 3.05) is 13.7 Å². The summed E-state index contributed by atoms with van der Waals surface area (Å²) in [5, 5.41) is 5.54. The molecule has 7 heteroatoms. The van der Waals surface area contributed by atoms with Crippen molar-refractivity contribution in [2.24, 2.45) is 0 Å². The Balaban J connectivity index is 0.000000430. The number of pyridine rings is 1. The van der Waals surface area contributed by atoms with E-state index in [0.29, 0.717) is 19.8 Å². The lowest BCUT2D eigenvalue weighted by atomic mass is 9.80. The lowest BCUT2D eigenvalue weighted by Gasteiger charge is -2.25. The van der Waals surface area contributed by atoms with E-state index in [9.17, 15) is 4.79 Å². The molecule has 0 radical (unpaired) electrons. The number of hydrogen-bond donors (Lipinski definition) is 1. The molecule has 0 saturated carbocycles. The van der Waals surface area contributed by atoms with Crippen molar-refractivity contribution in [1.82, 2.24) is 14.9 Å². The minimum Gasteiger partial charge on any atom is -0.497 e. The van der Waals surface area contributed by atoms with Crippen molar-refractivity contribution < 1.29 is 14.3 Å². The van der Waals surface area contributed by atoms with Crippen LogP contribution < -0.4 is 10.1 Å². The van der Waals surface area contributed by atoms with Crippen molar-refractivity contribution in [3.8, 4) is 16.9 Å². The summed E-state index contributed by atoms with van der Waals surface area (Å²) in [5.74, 6) is 0.880.